The van der Waals surface area contributed by atoms with Gasteiger partial charge in [-0.05, 0) is 42.8 Å². The highest BCUT2D eigenvalue weighted by Gasteiger charge is 2.26. The quantitative estimate of drug-likeness (QED) is 0.400. The normalized spacial score (nSPS) is 11.0. The predicted molar refractivity (Wildman–Crippen MR) is 122 cm³/mol. The Morgan fingerprint density at radius 1 is 1.00 bits per heavy atom. The van der Waals surface area contributed by atoms with E-state index in [1.54, 1.807) is 54.6 Å². The van der Waals surface area contributed by atoms with Crippen LogP contribution in [0.15, 0.2) is 77.7 Å². The molecule has 31 heavy (non-hydrogen) atoms. The van der Waals surface area contributed by atoms with Crippen molar-refractivity contribution >= 4 is 27.3 Å². The number of hydrogen-bond donors (Lipinski definition) is 3. The number of ether oxygens (including phenoxy) is 1. The summed E-state index contributed by atoms with van der Waals surface area (Å²) in [5.74, 6) is -0.180. The first-order valence-electron chi connectivity index (χ1n) is 9.93. The summed E-state index contributed by atoms with van der Waals surface area (Å²) in [6, 6.07) is 20.1. The number of sulfonamides is 1. The van der Waals surface area contributed by atoms with Crippen LogP contribution in [0.4, 0.5) is 11.4 Å². The number of para-hydroxylation sites is 2. The van der Waals surface area contributed by atoms with Gasteiger partial charge >= 0.3 is 0 Å². The lowest BCUT2D eigenvalue weighted by molar-refractivity contribution is 0.1000. The van der Waals surface area contributed by atoms with Crippen LogP contribution < -0.4 is 20.5 Å². The Balaban J connectivity index is 2.14. The summed E-state index contributed by atoms with van der Waals surface area (Å²) < 4.78 is 35.1. The molecule has 162 valence electrons. The number of carbonyl (C=O) groups excluding carboxylic acids is 1. The largest absolute Gasteiger partial charge is 0.454 e. The highest BCUT2D eigenvalue weighted by Crippen LogP contribution is 2.38. The van der Waals surface area contributed by atoms with Crippen molar-refractivity contribution in [3.05, 3.63) is 78.4 Å². The second kappa shape index (κ2) is 9.99. The van der Waals surface area contributed by atoms with Gasteiger partial charge in [-0.1, -0.05) is 49.7 Å². The first-order chi connectivity index (χ1) is 14.9. The van der Waals surface area contributed by atoms with Crippen molar-refractivity contribution in [3.8, 4) is 11.5 Å². The summed E-state index contributed by atoms with van der Waals surface area (Å²) in [6.07, 6.45) is 1.80. The van der Waals surface area contributed by atoms with Gasteiger partial charge in [-0.2, -0.15) is 0 Å². The zero-order chi connectivity index (χ0) is 22.3. The van der Waals surface area contributed by atoms with Crippen LogP contribution in [0, 0.1) is 0 Å². The summed E-state index contributed by atoms with van der Waals surface area (Å²) >= 11 is 0. The van der Waals surface area contributed by atoms with Crippen LogP contribution in [0.5, 0.6) is 11.5 Å². The van der Waals surface area contributed by atoms with E-state index in [-0.39, 0.29) is 16.2 Å². The minimum Gasteiger partial charge on any atom is -0.454 e. The fraction of sp³-hybridized carbons (Fsp3) is 0.174. The Labute approximate surface area is 182 Å². The molecule has 3 rings (SSSR count). The number of nitrogens with two attached hydrogens (primary N) is 1. The molecule has 0 radical (unpaired) electrons. The number of unbranched alkanes of at least 4 members (excludes halogenated alkanes) is 1. The molecule has 8 heteroatoms. The van der Waals surface area contributed by atoms with Crippen molar-refractivity contribution in [1.29, 1.82) is 0 Å². The molecular formula is C23H25N3O4S. The molecule has 4 N–H and O–H groups in total. The van der Waals surface area contributed by atoms with Gasteiger partial charge in [0, 0.05) is 17.8 Å². The van der Waals surface area contributed by atoms with E-state index in [1.807, 2.05) is 13.0 Å². The van der Waals surface area contributed by atoms with Crippen molar-refractivity contribution < 1.29 is 17.9 Å². The highest BCUT2D eigenvalue weighted by atomic mass is 32.2. The first-order valence-corrected chi connectivity index (χ1v) is 11.4. The van der Waals surface area contributed by atoms with Crippen molar-refractivity contribution in [2.45, 2.75) is 24.7 Å². The van der Waals surface area contributed by atoms with E-state index < -0.39 is 15.9 Å². The molecule has 3 aromatic rings. The van der Waals surface area contributed by atoms with Crippen LogP contribution >= 0.6 is 0 Å². The molecule has 0 aromatic heterocycles. The van der Waals surface area contributed by atoms with Gasteiger partial charge in [-0.3, -0.25) is 9.52 Å². The van der Waals surface area contributed by atoms with Gasteiger partial charge in [0.1, 0.15) is 10.6 Å². The minimum atomic E-state index is -4.10. The lowest BCUT2D eigenvalue weighted by atomic mass is 10.1. The number of hydrogen-bond acceptors (Lipinski definition) is 5. The fourth-order valence-corrected chi connectivity index (χ4v) is 4.14. The maximum atomic E-state index is 13.3. The second-order valence-corrected chi connectivity index (χ2v) is 8.53. The molecule has 0 aliphatic heterocycles. The molecule has 3 aromatic carbocycles. The number of primary amides is 1. The van der Waals surface area contributed by atoms with Crippen LogP contribution in [-0.2, 0) is 10.0 Å². The van der Waals surface area contributed by atoms with Crippen LogP contribution in [0.1, 0.15) is 30.1 Å². The summed E-state index contributed by atoms with van der Waals surface area (Å²) in [5.41, 5.74) is 6.31. The summed E-state index contributed by atoms with van der Waals surface area (Å²) in [7, 11) is -4.10. The highest BCUT2D eigenvalue weighted by molar-refractivity contribution is 7.92. The van der Waals surface area contributed by atoms with Gasteiger partial charge in [-0.25, -0.2) is 8.42 Å². The third-order valence-corrected chi connectivity index (χ3v) is 5.85. The first kappa shape index (κ1) is 22.2. The van der Waals surface area contributed by atoms with Crippen molar-refractivity contribution in [2.24, 2.45) is 5.73 Å². The molecule has 0 heterocycles. The molecular weight excluding hydrogens is 414 g/mol. The predicted octanol–water partition coefficient (Wildman–Crippen LogP) is 4.59. The maximum absolute atomic E-state index is 13.3. The molecule has 7 nitrogen and oxygen atoms in total. The Morgan fingerprint density at radius 3 is 2.26 bits per heavy atom. The fourth-order valence-electron chi connectivity index (χ4n) is 2.90. The number of benzene rings is 3. The average Bonchev–Trinajstić information content (AvgIpc) is 2.75. The van der Waals surface area contributed by atoms with Gasteiger partial charge in [0.25, 0.3) is 10.0 Å². The van der Waals surface area contributed by atoms with E-state index in [0.29, 0.717) is 23.7 Å². The van der Waals surface area contributed by atoms with E-state index >= 15 is 0 Å². The van der Waals surface area contributed by atoms with Crippen LogP contribution in [-0.4, -0.2) is 20.9 Å². The number of amides is 1. The maximum Gasteiger partial charge on any atom is 0.265 e. The lowest BCUT2D eigenvalue weighted by Gasteiger charge is -2.19. The molecule has 0 atom stereocenters. The Morgan fingerprint density at radius 2 is 1.65 bits per heavy atom. The zero-order valence-electron chi connectivity index (χ0n) is 17.2. The standard InChI is InChI=1S/C23H25N3O4S/c1-2-3-14-25-20-15-17(23(24)27)16-21(22(20)30-19-12-8-5-9-13-19)31(28,29)26-18-10-6-4-7-11-18/h4-13,15-16,25-26H,2-3,14H2,1H3,(H2,24,27). The molecule has 0 saturated heterocycles. The average molecular weight is 440 g/mol. The molecule has 1 amide bonds. The van der Waals surface area contributed by atoms with Gasteiger partial charge in [-0.15, -0.1) is 0 Å². The van der Waals surface area contributed by atoms with Crippen LogP contribution in [0.3, 0.4) is 0 Å². The number of nitrogens with one attached hydrogen (secondary N) is 2. The van der Waals surface area contributed by atoms with Crippen LogP contribution in [0.25, 0.3) is 0 Å². The third kappa shape index (κ3) is 5.76. The summed E-state index contributed by atoms with van der Waals surface area (Å²) in [6.45, 7) is 2.62. The van der Waals surface area contributed by atoms with Gasteiger partial charge in [0.05, 0.1) is 5.69 Å². The molecule has 0 aliphatic rings. The zero-order valence-corrected chi connectivity index (χ0v) is 18.0. The van der Waals surface area contributed by atoms with E-state index in [4.69, 9.17) is 10.5 Å². The molecule has 0 bridgehead atoms. The lowest BCUT2D eigenvalue weighted by Crippen LogP contribution is -2.18. The molecule has 0 spiro atoms. The summed E-state index contributed by atoms with van der Waals surface area (Å²) in [4.78, 5) is 11.7. The summed E-state index contributed by atoms with van der Waals surface area (Å²) in [5, 5.41) is 3.18. The number of anilines is 2. The Kier molecular flexibility index (Phi) is 7.15. The topological polar surface area (TPSA) is 111 Å². The van der Waals surface area contributed by atoms with Gasteiger partial charge in [0.15, 0.2) is 5.75 Å². The minimum absolute atomic E-state index is 0.0628. The van der Waals surface area contributed by atoms with Crippen LogP contribution in [0.2, 0.25) is 0 Å². The molecule has 0 unspecified atom stereocenters. The van der Waals surface area contributed by atoms with Crippen molar-refractivity contribution in [2.75, 3.05) is 16.6 Å². The van der Waals surface area contributed by atoms with Gasteiger partial charge < -0.3 is 15.8 Å². The third-order valence-electron chi connectivity index (χ3n) is 4.46. The molecule has 0 fully saturated rings. The van der Waals surface area contributed by atoms with E-state index in [0.717, 1.165) is 12.8 Å². The van der Waals surface area contributed by atoms with Gasteiger partial charge in [0.2, 0.25) is 5.91 Å². The van der Waals surface area contributed by atoms with E-state index in [9.17, 15) is 13.2 Å². The molecule has 0 aliphatic carbocycles. The smallest absolute Gasteiger partial charge is 0.265 e. The number of carbonyl (C=O) groups is 1. The second-order valence-electron chi connectivity index (χ2n) is 6.88. The Hall–Kier alpha value is -3.52. The monoisotopic (exact) mass is 439 g/mol. The van der Waals surface area contributed by atoms with Crippen molar-refractivity contribution in [1.82, 2.24) is 0 Å². The molecule has 0 saturated carbocycles. The number of rotatable bonds is 10. The van der Waals surface area contributed by atoms with E-state index in [2.05, 4.69) is 10.0 Å². The van der Waals surface area contributed by atoms with E-state index in [1.165, 1.54) is 12.1 Å². The Bertz CT molecular complexity index is 1130. The SMILES string of the molecule is CCCCNc1cc(C(N)=O)cc(S(=O)(=O)Nc2ccccc2)c1Oc1ccccc1. The van der Waals surface area contributed by atoms with Crippen molar-refractivity contribution in [3.63, 3.8) is 0 Å².